The molecule has 0 saturated heterocycles. The summed E-state index contributed by atoms with van der Waals surface area (Å²) >= 11 is 0. The highest BCUT2D eigenvalue weighted by atomic mass is 16.4. The van der Waals surface area contributed by atoms with Crippen molar-refractivity contribution in [2.75, 3.05) is 0 Å². The van der Waals surface area contributed by atoms with Crippen LogP contribution in [0.15, 0.2) is 24.5 Å². The van der Waals surface area contributed by atoms with Crippen LogP contribution in [0.25, 0.3) is 5.65 Å². The zero-order chi connectivity index (χ0) is 12.7. The van der Waals surface area contributed by atoms with Gasteiger partial charge in [-0.1, -0.05) is 0 Å². The second-order valence-electron chi connectivity index (χ2n) is 4.34. The van der Waals surface area contributed by atoms with Crippen molar-refractivity contribution in [3.05, 3.63) is 35.8 Å². The van der Waals surface area contributed by atoms with Crippen LogP contribution in [0, 0.1) is 0 Å². The summed E-state index contributed by atoms with van der Waals surface area (Å²) in [6.45, 7) is 0. The van der Waals surface area contributed by atoms with E-state index >= 15 is 0 Å². The van der Waals surface area contributed by atoms with Gasteiger partial charge in [-0.15, -0.1) is 0 Å². The van der Waals surface area contributed by atoms with Crippen molar-refractivity contribution in [2.24, 2.45) is 0 Å². The maximum absolute atomic E-state index is 11.8. The van der Waals surface area contributed by atoms with Gasteiger partial charge in [0.25, 0.3) is 5.91 Å². The molecule has 6 nitrogen and oxygen atoms in total. The molecule has 18 heavy (non-hydrogen) atoms. The summed E-state index contributed by atoms with van der Waals surface area (Å²) in [5, 5.41) is 11.8. The Labute approximate surface area is 102 Å². The van der Waals surface area contributed by atoms with Crippen LogP contribution in [-0.2, 0) is 0 Å². The van der Waals surface area contributed by atoms with Crippen LogP contribution < -0.4 is 5.32 Å². The van der Waals surface area contributed by atoms with E-state index in [1.165, 1.54) is 10.6 Å². The van der Waals surface area contributed by atoms with Crippen molar-refractivity contribution in [3.63, 3.8) is 0 Å². The molecule has 1 aliphatic carbocycles. The molecule has 2 N–H and O–H groups in total. The average Bonchev–Trinajstić information content (AvgIpc) is 3.05. The molecule has 2 aromatic heterocycles. The van der Waals surface area contributed by atoms with E-state index in [1.54, 1.807) is 18.3 Å². The largest absolute Gasteiger partial charge is 0.477 e. The van der Waals surface area contributed by atoms with Crippen LogP contribution >= 0.6 is 0 Å². The Hall–Kier alpha value is -2.37. The van der Waals surface area contributed by atoms with Crippen LogP contribution in [0.5, 0.6) is 0 Å². The van der Waals surface area contributed by atoms with E-state index < -0.39 is 5.97 Å². The molecule has 0 radical (unpaired) electrons. The van der Waals surface area contributed by atoms with Crippen molar-refractivity contribution in [3.8, 4) is 0 Å². The van der Waals surface area contributed by atoms with Gasteiger partial charge in [0.05, 0.1) is 6.20 Å². The number of carbonyl (C=O) groups excluding carboxylic acids is 1. The Morgan fingerprint density at radius 2 is 2.22 bits per heavy atom. The lowest BCUT2D eigenvalue weighted by atomic mass is 10.2. The smallest absolute Gasteiger partial charge is 0.354 e. The third-order valence-electron chi connectivity index (χ3n) is 2.91. The number of carboxylic acid groups (broad SMARTS) is 1. The second-order valence-corrected chi connectivity index (χ2v) is 4.34. The van der Waals surface area contributed by atoms with E-state index in [1.807, 2.05) is 0 Å². The Morgan fingerprint density at radius 3 is 2.89 bits per heavy atom. The van der Waals surface area contributed by atoms with Gasteiger partial charge in [0, 0.05) is 17.8 Å². The number of carboxylic acids is 1. The molecule has 0 spiro atoms. The third kappa shape index (κ3) is 1.81. The monoisotopic (exact) mass is 245 g/mol. The molecule has 0 aliphatic heterocycles. The molecule has 92 valence electrons. The van der Waals surface area contributed by atoms with Crippen molar-refractivity contribution >= 4 is 17.5 Å². The lowest BCUT2D eigenvalue weighted by Gasteiger charge is -2.04. The summed E-state index contributed by atoms with van der Waals surface area (Å²) in [5.74, 6) is -1.18. The van der Waals surface area contributed by atoms with Gasteiger partial charge in [-0.3, -0.25) is 9.20 Å². The van der Waals surface area contributed by atoms with Crippen molar-refractivity contribution in [2.45, 2.75) is 18.9 Å². The zero-order valence-electron chi connectivity index (χ0n) is 9.46. The Kier molecular flexibility index (Phi) is 2.29. The van der Waals surface area contributed by atoms with Crippen molar-refractivity contribution in [1.29, 1.82) is 0 Å². The molecular weight excluding hydrogens is 234 g/mol. The number of pyridine rings is 1. The van der Waals surface area contributed by atoms with Crippen LogP contribution in [0.1, 0.15) is 33.7 Å². The number of aromatic nitrogens is 2. The van der Waals surface area contributed by atoms with Crippen molar-refractivity contribution < 1.29 is 14.7 Å². The second kappa shape index (κ2) is 3.83. The van der Waals surface area contributed by atoms with E-state index in [0.29, 0.717) is 17.3 Å². The fourth-order valence-electron chi connectivity index (χ4n) is 1.78. The molecule has 3 rings (SSSR count). The average molecular weight is 245 g/mol. The van der Waals surface area contributed by atoms with Crippen LogP contribution in [0.4, 0.5) is 0 Å². The quantitative estimate of drug-likeness (QED) is 0.842. The molecular formula is C12H11N3O3. The van der Waals surface area contributed by atoms with Gasteiger partial charge in [0.15, 0.2) is 5.69 Å². The number of aromatic carboxylic acids is 1. The summed E-state index contributed by atoms with van der Waals surface area (Å²) in [7, 11) is 0. The first-order chi connectivity index (χ1) is 8.65. The molecule has 1 aliphatic rings. The third-order valence-corrected chi connectivity index (χ3v) is 2.91. The van der Waals surface area contributed by atoms with Gasteiger partial charge < -0.3 is 10.4 Å². The highest BCUT2D eigenvalue weighted by Gasteiger charge is 2.24. The number of amides is 1. The van der Waals surface area contributed by atoms with Gasteiger partial charge in [-0.25, -0.2) is 9.78 Å². The predicted octanol–water partition coefficient (Wildman–Crippen LogP) is 0.925. The number of imidazole rings is 1. The number of hydrogen-bond donors (Lipinski definition) is 2. The van der Waals surface area contributed by atoms with Crippen molar-refractivity contribution in [1.82, 2.24) is 14.7 Å². The fraction of sp³-hybridized carbons (Fsp3) is 0.250. The Morgan fingerprint density at radius 1 is 1.44 bits per heavy atom. The molecule has 2 aromatic rings. The maximum Gasteiger partial charge on any atom is 0.354 e. The summed E-state index contributed by atoms with van der Waals surface area (Å²) in [6, 6.07) is 3.48. The Bertz CT molecular complexity index is 643. The minimum absolute atomic E-state index is 0.0825. The predicted molar refractivity (Wildman–Crippen MR) is 62.6 cm³/mol. The first-order valence-corrected chi connectivity index (χ1v) is 5.66. The van der Waals surface area contributed by atoms with E-state index in [4.69, 9.17) is 5.11 Å². The molecule has 1 fully saturated rings. The first kappa shape index (κ1) is 10.8. The molecule has 1 saturated carbocycles. The van der Waals surface area contributed by atoms with Gasteiger partial charge in [-0.05, 0) is 25.0 Å². The van der Waals surface area contributed by atoms with Gasteiger partial charge in [0.1, 0.15) is 5.65 Å². The highest BCUT2D eigenvalue weighted by Crippen LogP contribution is 2.19. The number of carbonyl (C=O) groups is 2. The van der Waals surface area contributed by atoms with Crippen LogP contribution in [0.2, 0.25) is 0 Å². The standard InChI is InChI=1S/C12H11N3O3/c16-11(14-8-1-2-8)7-3-4-15-9(12(17)18)6-13-10(15)5-7/h3-6,8H,1-2H2,(H,14,16)(H,17,18). The van der Waals surface area contributed by atoms with Crippen LogP contribution in [-0.4, -0.2) is 32.4 Å². The van der Waals surface area contributed by atoms with Crippen LogP contribution in [0.3, 0.4) is 0 Å². The van der Waals surface area contributed by atoms with E-state index in [0.717, 1.165) is 12.8 Å². The topological polar surface area (TPSA) is 83.7 Å². The molecule has 0 atom stereocenters. The van der Waals surface area contributed by atoms with Gasteiger partial charge in [0.2, 0.25) is 0 Å². The van der Waals surface area contributed by atoms with E-state index in [9.17, 15) is 9.59 Å². The maximum atomic E-state index is 11.8. The SMILES string of the molecule is O=C(NC1CC1)c1ccn2c(C(=O)O)cnc2c1. The Balaban J connectivity index is 1.95. The minimum Gasteiger partial charge on any atom is -0.477 e. The number of nitrogens with zero attached hydrogens (tertiary/aromatic N) is 2. The zero-order valence-corrected chi connectivity index (χ0v) is 9.46. The van der Waals surface area contributed by atoms with Gasteiger partial charge in [-0.2, -0.15) is 0 Å². The fourth-order valence-corrected chi connectivity index (χ4v) is 1.78. The van der Waals surface area contributed by atoms with E-state index in [2.05, 4.69) is 10.3 Å². The number of fused-ring (bicyclic) bond motifs is 1. The molecule has 0 unspecified atom stereocenters. The molecule has 6 heteroatoms. The molecule has 0 aromatic carbocycles. The molecule has 2 heterocycles. The van der Waals surface area contributed by atoms with Gasteiger partial charge >= 0.3 is 5.97 Å². The summed E-state index contributed by atoms with van der Waals surface area (Å²) in [6.07, 6.45) is 4.88. The number of nitrogens with one attached hydrogen (secondary N) is 1. The molecule has 1 amide bonds. The molecule has 0 bridgehead atoms. The lowest BCUT2D eigenvalue weighted by Crippen LogP contribution is -2.25. The lowest BCUT2D eigenvalue weighted by molar-refractivity contribution is 0.0689. The summed E-state index contributed by atoms with van der Waals surface area (Å²) in [4.78, 5) is 26.7. The highest BCUT2D eigenvalue weighted by molar-refractivity contribution is 5.95. The normalized spacial score (nSPS) is 14.7. The summed E-state index contributed by atoms with van der Waals surface area (Å²) < 4.78 is 1.44. The number of hydrogen-bond acceptors (Lipinski definition) is 3. The minimum atomic E-state index is -1.04. The first-order valence-electron chi connectivity index (χ1n) is 5.66. The number of rotatable bonds is 3. The summed E-state index contributed by atoms with van der Waals surface area (Å²) in [5.41, 5.74) is 1.03. The van der Waals surface area contributed by atoms with E-state index in [-0.39, 0.29) is 11.6 Å².